The van der Waals surface area contributed by atoms with Crippen molar-refractivity contribution in [2.24, 2.45) is 0 Å². The fourth-order valence-electron chi connectivity index (χ4n) is 2.52. The maximum Gasteiger partial charge on any atom is 0.272 e. The summed E-state index contributed by atoms with van der Waals surface area (Å²) in [5, 5.41) is 3.57. The molecule has 1 amide bonds. The topological polar surface area (TPSA) is 58.1 Å². The average molecular weight is 445 g/mol. The molecule has 0 bridgehead atoms. The molecular formula is C20H21BrN4OS. The van der Waals surface area contributed by atoms with E-state index in [0.29, 0.717) is 22.8 Å². The first-order chi connectivity index (χ1) is 13.0. The Kier molecular flexibility index (Phi) is 6.82. The van der Waals surface area contributed by atoms with Gasteiger partial charge in [0.25, 0.3) is 5.91 Å². The Morgan fingerprint density at radius 2 is 1.74 bits per heavy atom. The molecule has 1 N–H and O–H groups in total. The summed E-state index contributed by atoms with van der Waals surface area (Å²) in [6.07, 6.45) is 0.881. The van der Waals surface area contributed by atoms with Gasteiger partial charge in [0.2, 0.25) is 0 Å². The van der Waals surface area contributed by atoms with Crippen molar-refractivity contribution in [3.63, 3.8) is 0 Å². The molecule has 0 atom stereocenters. The molecule has 2 aromatic carbocycles. The van der Waals surface area contributed by atoms with E-state index in [2.05, 4.69) is 31.1 Å². The summed E-state index contributed by atoms with van der Waals surface area (Å²) in [5.74, 6) is -0.193. The Bertz CT molecular complexity index is 948. The second-order valence-corrected chi connectivity index (χ2v) is 8.20. The molecule has 140 valence electrons. The molecule has 0 spiro atoms. The summed E-state index contributed by atoms with van der Waals surface area (Å²) in [4.78, 5) is 25.2. The summed E-state index contributed by atoms with van der Waals surface area (Å²) < 4.78 is 0.960. The van der Waals surface area contributed by atoms with Gasteiger partial charge < -0.3 is 10.2 Å². The lowest BCUT2D eigenvalue weighted by molar-refractivity contribution is 0.0943. The lowest BCUT2D eigenvalue weighted by Crippen LogP contribution is -2.28. The highest BCUT2D eigenvalue weighted by atomic mass is 79.9. The van der Waals surface area contributed by atoms with Crippen molar-refractivity contribution in [1.82, 2.24) is 20.2 Å². The number of rotatable bonds is 7. The minimum Gasteiger partial charge on any atom is -0.351 e. The van der Waals surface area contributed by atoms with Crippen LogP contribution in [0.3, 0.4) is 0 Å². The zero-order chi connectivity index (χ0) is 19.2. The van der Waals surface area contributed by atoms with Crippen LogP contribution in [0.2, 0.25) is 0 Å². The molecule has 27 heavy (non-hydrogen) atoms. The standard InChI is InChI=1S/C20H21BrN4OS/c1-25(2)13-7-12-22-19(26)18-20(27-17-11-6-3-8-14(17)21)24-16-10-5-4-9-15(16)23-18/h3-6,8-11H,7,12-13H2,1-2H3,(H,22,26). The number of fused-ring (bicyclic) bond motifs is 1. The van der Waals surface area contributed by atoms with Gasteiger partial charge in [0.1, 0.15) is 5.03 Å². The molecule has 1 heterocycles. The number of para-hydroxylation sites is 2. The van der Waals surface area contributed by atoms with Crippen LogP contribution in [-0.2, 0) is 0 Å². The Balaban J connectivity index is 1.89. The molecule has 1 aromatic heterocycles. The lowest BCUT2D eigenvalue weighted by Gasteiger charge is -2.12. The summed E-state index contributed by atoms with van der Waals surface area (Å²) in [7, 11) is 4.03. The molecule has 0 aliphatic heterocycles. The summed E-state index contributed by atoms with van der Waals surface area (Å²) >= 11 is 4.99. The second kappa shape index (κ2) is 9.30. The van der Waals surface area contributed by atoms with Crippen LogP contribution in [0.15, 0.2) is 62.9 Å². The molecule has 0 unspecified atom stereocenters. The van der Waals surface area contributed by atoms with Crippen LogP contribution in [0.1, 0.15) is 16.9 Å². The summed E-state index contributed by atoms with van der Waals surface area (Å²) in [6.45, 7) is 1.52. The van der Waals surface area contributed by atoms with Crippen LogP contribution in [0, 0.1) is 0 Å². The van der Waals surface area contributed by atoms with Gasteiger partial charge in [0, 0.05) is 15.9 Å². The van der Waals surface area contributed by atoms with Crippen molar-refractivity contribution in [2.45, 2.75) is 16.3 Å². The average Bonchev–Trinajstić information content (AvgIpc) is 2.66. The minimum atomic E-state index is -0.193. The predicted molar refractivity (Wildman–Crippen MR) is 113 cm³/mol. The van der Waals surface area contributed by atoms with E-state index < -0.39 is 0 Å². The fraction of sp³-hybridized carbons (Fsp3) is 0.250. The Morgan fingerprint density at radius 3 is 2.44 bits per heavy atom. The third-order valence-corrected chi connectivity index (χ3v) is 5.87. The van der Waals surface area contributed by atoms with Crippen LogP contribution in [0.25, 0.3) is 11.0 Å². The lowest BCUT2D eigenvalue weighted by atomic mass is 10.3. The molecule has 0 aliphatic rings. The first kappa shape index (κ1) is 19.8. The summed E-state index contributed by atoms with van der Waals surface area (Å²) in [5.41, 5.74) is 1.85. The first-order valence-corrected chi connectivity index (χ1v) is 10.3. The van der Waals surface area contributed by atoms with Gasteiger partial charge in [-0.2, -0.15) is 0 Å². The van der Waals surface area contributed by atoms with Gasteiger partial charge in [-0.3, -0.25) is 4.79 Å². The van der Waals surface area contributed by atoms with Gasteiger partial charge in [0.05, 0.1) is 11.0 Å². The number of amides is 1. The summed E-state index contributed by atoms with van der Waals surface area (Å²) in [6, 6.07) is 15.5. The van der Waals surface area contributed by atoms with E-state index in [0.717, 1.165) is 27.9 Å². The predicted octanol–water partition coefficient (Wildman–Crippen LogP) is 4.23. The highest BCUT2D eigenvalue weighted by Gasteiger charge is 2.18. The molecular weight excluding hydrogens is 424 g/mol. The monoisotopic (exact) mass is 444 g/mol. The minimum absolute atomic E-state index is 0.193. The van der Waals surface area contributed by atoms with Crippen molar-refractivity contribution >= 4 is 44.6 Å². The maximum atomic E-state index is 12.8. The number of nitrogens with zero attached hydrogens (tertiary/aromatic N) is 3. The van der Waals surface area contributed by atoms with E-state index in [1.807, 2.05) is 62.6 Å². The number of hydrogen-bond donors (Lipinski definition) is 1. The third-order valence-electron chi connectivity index (χ3n) is 3.86. The van der Waals surface area contributed by atoms with E-state index in [9.17, 15) is 4.79 Å². The van der Waals surface area contributed by atoms with Gasteiger partial charge in [-0.25, -0.2) is 9.97 Å². The highest BCUT2D eigenvalue weighted by molar-refractivity contribution is 9.10. The maximum absolute atomic E-state index is 12.8. The molecule has 5 nitrogen and oxygen atoms in total. The zero-order valence-electron chi connectivity index (χ0n) is 15.3. The van der Waals surface area contributed by atoms with Crippen LogP contribution in [-0.4, -0.2) is 48.0 Å². The SMILES string of the molecule is CN(C)CCCNC(=O)c1nc2ccccc2nc1Sc1ccccc1Br. The van der Waals surface area contributed by atoms with E-state index in [-0.39, 0.29) is 5.91 Å². The number of carbonyl (C=O) groups excluding carboxylic acids is 1. The molecule has 0 saturated heterocycles. The van der Waals surface area contributed by atoms with E-state index in [1.165, 1.54) is 11.8 Å². The van der Waals surface area contributed by atoms with E-state index >= 15 is 0 Å². The number of nitrogens with one attached hydrogen (secondary N) is 1. The van der Waals surface area contributed by atoms with Crippen molar-refractivity contribution in [3.05, 3.63) is 58.7 Å². The van der Waals surface area contributed by atoms with Gasteiger partial charge in [-0.05, 0) is 67.3 Å². The van der Waals surface area contributed by atoms with E-state index in [4.69, 9.17) is 4.98 Å². The van der Waals surface area contributed by atoms with Crippen LogP contribution in [0.5, 0.6) is 0 Å². The number of aromatic nitrogens is 2. The van der Waals surface area contributed by atoms with Crippen molar-refractivity contribution in [3.8, 4) is 0 Å². The van der Waals surface area contributed by atoms with E-state index in [1.54, 1.807) is 0 Å². The molecule has 7 heteroatoms. The van der Waals surface area contributed by atoms with Gasteiger partial charge in [-0.1, -0.05) is 36.0 Å². The van der Waals surface area contributed by atoms with Gasteiger partial charge >= 0.3 is 0 Å². The fourth-order valence-corrected chi connectivity index (χ4v) is 3.94. The van der Waals surface area contributed by atoms with Crippen molar-refractivity contribution < 1.29 is 4.79 Å². The number of benzene rings is 2. The number of halogens is 1. The molecule has 3 rings (SSSR count). The first-order valence-electron chi connectivity index (χ1n) is 8.66. The van der Waals surface area contributed by atoms with Gasteiger partial charge in [-0.15, -0.1) is 0 Å². The van der Waals surface area contributed by atoms with Crippen LogP contribution < -0.4 is 5.32 Å². The normalized spacial score (nSPS) is 11.1. The molecule has 0 fully saturated rings. The van der Waals surface area contributed by atoms with Gasteiger partial charge in [0.15, 0.2) is 5.69 Å². The largest absolute Gasteiger partial charge is 0.351 e. The van der Waals surface area contributed by atoms with Crippen LogP contribution in [0.4, 0.5) is 0 Å². The quantitative estimate of drug-likeness (QED) is 0.552. The smallest absolute Gasteiger partial charge is 0.272 e. The zero-order valence-corrected chi connectivity index (χ0v) is 17.7. The second-order valence-electron chi connectivity index (χ2n) is 6.31. The number of carbonyl (C=O) groups is 1. The Morgan fingerprint density at radius 1 is 1.07 bits per heavy atom. The molecule has 3 aromatic rings. The van der Waals surface area contributed by atoms with Crippen molar-refractivity contribution in [2.75, 3.05) is 27.2 Å². The Labute approximate surface area is 171 Å². The number of hydrogen-bond acceptors (Lipinski definition) is 5. The molecule has 0 radical (unpaired) electrons. The highest BCUT2D eigenvalue weighted by Crippen LogP contribution is 2.34. The van der Waals surface area contributed by atoms with Crippen LogP contribution >= 0.6 is 27.7 Å². The molecule has 0 aliphatic carbocycles. The molecule has 0 saturated carbocycles. The third kappa shape index (κ3) is 5.28. The van der Waals surface area contributed by atoms with Crippen molar-refractivity contribution in [1.29, 1.82) is 0 Å². The Hall–Kier alpha value is -1.96.